The predicted molar refractivity (Wildman–Crippen MR) is 79.2 cm³/mol. The number of nitrogens with one attached hydrogen (secondary N) is 1. The lowest BCUT2D eigenvalue weighted by molar-refractivity contribution is 0.0948. The number of aromatic nitrogens is 1. The molecule has 0 aliphatic heterocycles. The SMILES string of the molecule is CC(C)CNC(=O)c1ccc(=O)n(-c2ccccc2)c1. The van der Waals surface area contributed by atoms with E-state index in [9.17, 15) is 9.59 Å². The van der Waals surface area contributed by atoms with Gasteiger partial charge in [-0.3, -0.25) is 14.2 Å². The molecule has 0 atom stereocenters. The van der Waals surface area contributed by atoms with Crippen LogP contribution in [0.4, 0.5) is 0 Å². The van der Waals surface area contributed by atoms with E-state index in [-0.39, 0.29) is 11.5 Å². The topological polar surface area (TPSA) is 51.1 Å². The smallest absolute Gasteiger partial charge is 0.255 e. The van der Waals surface area contributed by atoms with Crippen LogP contribution in [-0.2, 0) is 0 Å². The highest BCUT2D eigenvalue weighted by Crippen LogP contribution is 2.06. The number of amides is 1. The van der Waals surface area contributed by atoms with Crippen molar-refractivity contribution in [3.63, 3.8) is 0 Å². The number of carbonyl (C=O) groups is 1. The Bertz CT molecular complexity index is 645. The molecule has 0 aliphatic rings. The number of para-hydroxylation sites is 1. The number of hydrogen-bond acceptors (Lipinski definition) is 2. The fraction of sp³-hybridized carbons (Fsp3) is 0.250. The molecule has 20 heavy (non-hydrogen) atoms. The molecule has 4 heteroatoms. The fourth-order valence-corrected chi connectivity index (χ4v) is 1.81. The fourth-order valence-electron chi connectivity index (χ4n) is 1.81. The average Bonchev–Trinajstić information content (AvgIpc) is 2.46. The van der Waals surface area contributed by atoms with Gasteiger partial charge in [-0.25, -0.2) is 0 Å². The highest BCUT2D eigenvalue weighted by Gasteiger charge is 2.08. The van der Waals surface area contributed by atoms with Crippen LogP contribution in [0.15, 0.2) is 53.5 Å². The molecule has 0 unspecified atom stereocenters. The van der Waals surface area contributed by atoms with Crippen molar-refractivity contribution in [3.05, 3.63) is 64.6 Å². The maximum absolute atomic E-state index is 12.0. The Labute approximate surface area is 118 Å². The average molecular weight is 270 g/mol. The number of nitrogens with zero attached hydrogens (tertiary/aromatic N) is 1. The van der Waals surface area contributed by atoms with Gasteiger partial charge in [-0.15, -0.1) is 0 Å². The summed E-state index contributed by atoms with van der Waals surface area (Å²) in [6.45, 7) is 4.68. The zero-order valence-corrected chi connectivity index (χ0v) is 11.7. The van der Waals surface area contributed by atoms with Crippen molar-refractivity contribution in [2.45, 2.75) is 13.8 Å². The molecular formula is C16H18N2O2. The molecule has 1 aromatic carbocycles. The molecule has 1 amide bonds. The third-order valence-corrected chi connectivity index (χ3v) is 2.88. The standard InChI is InChI=1S/C16H18N2O2/c1-12(2)10-17-16(20)13-8-9-15(19)18(11-13)14-6-4-3-5-7-14/h3-9,11-12H,10H2,1-2H3,(H,17,20). The highest BCUT2D eigenvalue weighted by molar-refractivity contribution is 5.93. The molecule has 1 aromatic heterocycles. The molecular weight excluding hydrogens is 252 g/mol. The van der Waals surface area contributed by atoms with Gasteiger partial charge in [-0.2, -0.15) is 0 Å². The van der Waals surface area contributed by atoms with Crippen LogP contribution in [-0.4, -0.2) is 17.0 Å². The summed E-state index contributed by atoms with van der Waals surface area (Å²) in [6, 6.07) is 12.2. The van der Waals surface area contributed by atoms with Crippen LogP contribution >= 0.6 is 0 Å². The second-order valence-corrected chi connectivity index (χ2v) is 5.07. The quantitative estimate of drug-likeness (QED) is 0.926. The molecule has 1 N–H and O–H groups in total. The third-order valence-electron chi connectivity index (χ3n) is 2.88. The van der Waals surface area contributed by atoms with Crippen molar-refractivity contribution in [2.24, 2.45) is 5.92 Å². The second kappa shape index (κ2) is 6.19. The van der Waals surface area contributed by atoms with E-state index in [4.69, 9.17) is 0 Å². The molecule has 0 saturated carbocycles. The normalized spacial score (nSPS) is 10.6. The molecule has 0 saturated heterocycles. The number of pyridine rings is 1. The number of hydrogen-bond donors (Lipinski definition) is 1. The van der Waals surface area contributed by atoms with Crippen molar-refractivity contribution in [3.8, 4) is 5.69 Å². The van der Waals surface area contributed by atoms with E-state index < -0.39 is 0 Å². The summed E-state index contributed by atoms with van der Waals surface area (Å²) in [7, 11) is 0. The molecule has 0 aliphatic carbocycles. The number of benzene rings is 1. The summed E-state index contributed by atoms with van der Waals surface area (Å²) in [5.74, 6) is 0.224. The van der Waals surface area contributed by atoms with Crippen LogP contribution in [0.25, 0.3) is 5.69 Å². The molecule has 0 radical (unpaired) electrons. The Kier molecular flexibility index (Phi) is 4.35. The zero-order chi connectivity index (χ0) is 14.5. The van der Waals surface area contributed by atoms with Gasteiger partial charge in [0.2, 0.25) is 0 Å². The van der Waals surface area contributed by atoms with Crippen LogP contribution in [0, 0.1) is 5.92 Å². The van der Waals surface area contributed by atoms with Gasteiger partial charge in [0, 0.05) is 24.5 Å². The van der Waals surface area contributed by atoms with Gasteiger partial charge in [-0.1, -0.05) is 32.0 Å². The Morgan fingerprint density at radius 1 is 1.15 bits per heavy atom. The van der Waals surface area contributed by atoms with E-state index in [0.29, 0.717) is 18.0 Å². The van der Waals surface area contributed by atoms with Crippen molar-refractivity contribution in [2.75, 3.05) is 6.54 Å². The van der Waals surface area contributed by atoms with E-state index in [0.717, 1.165) is 5.69 Å². The molecule has 0 spiro atoms. The first kappa shape index (κ1) is 14.1. The summed E-state index contributed by atoms with van der Waals surface area (Å²) in [5, 5.41) is 2.84. The number of rotatable bonds is 4. The largest absolute Gasteiger partial charge is 0.352 e. The van der Waals surface area contributed by atoms with Gasteiger partial charge in [0.25, 0.3) is 11.5 Å². The lowest BCUT2D eigenvalue weighted by Crippen LogP contribution is -2.29. The van der Waals surface area contributed by atoms with Crippen LogP contribution in [0.2, 0.25) is 0 Å². The molecule has 104 valence electrons. The predicted octanol–water partition coefficient (Wildman–Crippen LogP) is 2.22. The third kappa shape index (κ3) is 3.35. The van der Waals surface area contributed by atoms with Crippen molar-refractivity contribution in [1.29, 1.82) is 0 Å². The van der Waals surface area contributed by atoms with E-state index in [1.807, 2.05) is 44.2 Å². The van der Waals surface area contributed by atoms with Crippen LogP contribution < -0.4 is 10.9 Å². The molecule has 2 aromatic rings. The Morgan fingerprint density at radius 3 is 2.50 bits per heavy atom. The molecule has 0 fully saturated rings. The molecule has 4 nitrogen and oxygen atoms in total. The Morgan fingerprint density at radius 2 is 1.85 bits per heavy atom. The lowest BCUT2D eigenvalue weighted by atomic mass is 10.2. The highest BCUT2D eigenvalue weighted by atomic mass is 16.2. The molecule has 1 heterocycles. The number of carbonyl (C=O) groups excluding carboxylic acids is 1. The second-order valence-electron chi connectivity index (χ2n) is 5.07. The van der Waals surface area contributed by atoms with Crippen molar-refractivity contribution in [1.82, 2.24) is 9.88 Å². The van der Waals surface area contributed by atoms with Crippen molar-refractivity contribution < 1.29 is 4.79 Å². The van der Waals surface area contributed by atoms with Crippen molar-refractivity contribution >= 4 is 5.91 Å². The van der Waals surface area contributed by atoms with Crippen LogP contribution in [0.5, 0.6) is 0 Å². The zero-order valence-electron chi connectivity index (χ0n) is 11.7. The van der Waals surface area contributed by atoms with E-state index in [1.165, 1.54) is 10.6 Å². The first-order valence-corrected chi connectivity index (χ1v) is 6.64. The summed E-state index contributed by atoms with van der Waals surface area (Å²) in [4.78, 5) is 23.9. The van der Waals surface area contributed by atoms with Gasteiger partial charge in [0.05, 0.1) is 5.56 Å². The Balaban J connectivity index is 2.30. The van der Waals surface area contributed by atoms with E-state index in [1.54, 1.807) is 12.3 Å². The summed E-state index contributed by atoms with van der Waals surface area (Å²) >= 11 is 0. The molecule has 0 bridgehead atoms. The Hall–Kier alpha value is -2.36. The minimum absolute atomic E-state index is 0.156. The maximum Gasteiger partial charge on any atom is 0.255 e. The van der Waals surface area contributed by atoms with Gasteiger partial charge >= 0.3 is 0 Å². The monoisotopic (exact) mass is 270 g/mol. The lowest BCUT2D eigenvalue weighted by Gasteiger charge is -2.10. The van der Waals surface area contributed by atoms with Crippen LogP contribution in [0.3, 0.4) is 0 Å². The first-order chi connectivity index (χ1) is 9.58. The summed E-state index contributed by atoms with van der Waals surface area (Å²) in [5.41, 5.74) is 1.07. The van der Waals surface area contributed by atoms with Crippen LogP contribution in [0.1, 0.15) is 24.2 Å². The summed E-state index contributed by atoms with van der Waals surface area (Å²) in [6.07, 6.45) is 1.58. The minimum atomic E-state index is -0.164. The minimum Gasteiger partial charge on any atom is -0.352 e. The van der Waals surface area contributed by atoms with E-state index >= 15 is 0 Å². The van der Waals surface area contributed by atoms with Gasteiger partial charge in [0.15, 0.2) is 0 Å². The first-order valence-electron chi connectivity index (χ1n) is 6.64. The maximum atomic E-state index is 12.0. The van der Waals surface area contributed by atoms with Gasteiger partial charge in [0.1, 0.15) is 0 Å². The summed E-state index contributed by atoms with van der Waals surface area (Å²) < 4.78 is 1.48. The van der Waals surface area contributed by atoms with E-state index in [2.05, 4.69) is 5.32 Å². The van der Waals surface area contributed by atoms with Gasteiger partial charge < -0.3 is 5.32 Å². The van der Waals surface area contributed by atoms with Gasteiger partial charge in [-0.05, 0) is 24.1 Å². The molecule has 2 rings (SSSR count).